The zero-order chi connectivity index (χ0) is 11.3. The van der Waals surface area contributed by atoms with Gasteiger partial charge in [-0.25, -0.2) is 17.6 Å². The summed E-state index contributed by atoms with van der Waals surface area (Å²) in [5.41, 5.74) is 3.27. The van der Waals surface area contributed by atoms with Crippen molar-refractivity contribution in [3.8, 4) is 0 Å². The van der Waals surface area contributed by atoms with Crippen LogP contribution in [0.25, 0.3) is 0 Å². The predicted molar refractivity (Wildman–Crippen MR) is 41.3 cm³/mol. The molecule has 3 nitrogen and oxygen atoms in total. The van der Waals surface area contributed by atoms with E-state index in [-0.39, 0.29) is 0 Å². The first-order chi connectivity index (χ1) is 6.95. The Hall–Kier alpha value is -1.92. The van der Waals surface area contributed by atoms with Crippen LogP contribution in [-0.4, -0.2) is 11.7 Å². The topological polar surface area (TPSA) is 55.4 Å². The van der Waals surface area contributed by atoms with E-state index in [1.54, 1.807) is 0 Å². The van der Waals surface area contributed by atoms with Crippen molar-refractivity contribution in [2.24, 2.45) is 10.7 Å². The molecule has 0 saturated carbocycles. The number of fused-ring (bicyclic) bond motifs is 1. The second-order valence-corrected chi connectivity index (χ2v) is 2.81. The van der Waals surface area contributed by atoms with Crippen LogP contribution in [0.1, 0.15) is 15.9 Å². The lowest BCUT2D eigenvalue weighted by atomic mass is 10.1. The molecule has 0 aliphatic carbocycles. The van der Waals surface area contributed by atoms with E-state index in [1.165, 1.54) is 0 Å². The van der Waals surface area contributed by atoms with E-state index in [0.717, 1.165) is 0 Å². The summed E-state index contributed by atoms with van der Waals surface area (Å²) in [4.78, 5) is 14.0. The Kier molecular flexibility index (Phi) is 1.79. The molecule has 0 spiro atoms. The molecule has 0 radical (unpaired) electrons. The van der Waals surface area contributed by atoms with Gasteiger partial charge in [0, 0.05) is 0 Å². The maximum atomic E-state index is 13.1. The molecule has 1 aliphatic rings. The second kappa shape index (κ2) is 2.78. The maximum Gasteiger partial charge on any atom is 0.282 e. The van der Waals surface area contributed by atoms with Crippen molar-refractivity contribution < 1.29 is 22.4 Å². The molecule has 1 aromatic rings. The summed E-state index contributed by atoms with van der Waals surface area (Å²) in [6.45, 7) is 0. The molecular formula is C8H2F4N2O. The highest BCUT2D eigenvalue weighted by atomic mass is 19.2. The van der Waals surface area contributed by atoms with Crippen molar-refractivity contribution in [3.05, 3.63) is 34.4 Å². The standard InChI is InChI=1S/C8H2F4N2O/c9-3-1-2(8(15)14-7(1)13)4(10)6(12)5(3)11/h(H2,13,14,15). The predicted octanol–water partition coefficient (Wildman–Crippen LogP) is 1.10. The highest BCUT2D eigenvalue weighted by molar-refractivity contribution is 6.20. The average molecular weight is 218 g/mol. The van der Waals surface area contributed by atoms with Crippen LogP contribution >= 0.6 is 0 Å². The Bertz CT molecular complexity index is 524. The van der Waals surface area contributed by atoms with Gasteiger partial charge in [-0.1, -0.05) is 0 Å². The fourth-order valence-corrected chi connectivity index (χ4v) is 1.29. The van der Waals surface area contributed by atoms with Crippen LogP contribution in [-0.2, 0) is 0 Å². The van der Waals surface area contributed by atoms with E-state index >= 15 is 0 Å². The summed E-state index contributed by atoms with van der Waals surface area (Å²) >= 11 is 0. The highest BCUT2D eigenvalue weighted by Gasteiger charge is 2.34. The van der Waals surface area contributed by atoms with Crippen molar-refractivity contribution in [1.29, 1.82) is 0 Å². The van der Waals surface area contributed by atoms with E-state index in [2.05, 4.69) is 4.99 Å². The number of amidine groups is 1. The molecule has 1 heterocycles. The highest BCUT2D eigenvalue weighted by Crippen LogP contribution is 2.27. The minimum Gasteiger partial charge on any atom is -0.383 e. The minimum absolute atomic E-state index is 0.662. The van der Waals surface area contributed by atoms with Crippen LogP contribution in [0, 0.1) is 23.3 Å². The maximum absolute atomic E-state index is 13.1. The second-order valence-electron chi connectivity index (χ2n) is 2.81. The van der Waals surface area contributed by atoms with Gasteiger partial charge in [0.15, 0.2) is 23.3 Å². The molecule has 0 bridgehead atoms. The van der Waals surface area contributed by atoms with Crippen LogP contribution in [0.3, 0.4) is 0 Å². The molecule has 2 rings (SSSR count). The number of nitrogens with zero attached hydrogens (tertiary/aromatic N) is 1. The smallest absolute Gasteiger partial charge is 0.282 e. The summed E-state index contributed by atoms with van der Waals surface area (Å²) < 4.78 is 51.6. The number of rotatable bonds is 0. The minimum atomic E-state index is -2.05. The Morgan fingerprint density at radius 1 is 0.867 bits per heavy atom. The van der Waals surface area contributed by atoms with Crippen LogP contribution in [0.5, 0.6) is 0 Å². The van der Waals surface area contributed by atoms with E-state index < -0.39 is 46.1 Å². The number of carbonyl (C=O) groups excluding carboxylic acids is 1. The van der Waals surface area contributed by atoms with E-state index in [4.69, 9.17) is 5.73 Å². The molecule has 2 N–H and O–H groups in total. The molecule has 1 aliphatic heterocycles. The van der Waals surface area contributed by atoms with Crippen molar-refractivity contribution in [3.63, 3.8) is 0 Å². The van der Waals surface area contributed by atoms with Crippen LogP contribution in [0.2, 0.25) is 0 Å². The molecule has 1 amide bonds. The van der Waals surface area contributed by atoms with Gasteiger partial charge >= 0.3 is 0 Å². The van der Waals surface area contributed by atoms with Gasteiger partial charge in [-0.3, -0.25) is 4.79 Å². The normalized spacial score (nSPS) is 14.1. The lowest BCUT2D eigenvalue weighted by Gasteiger charge is -2.04. The van der Waals surface area contributed by atoms with Crippen LogP contribution in [0.15, 0.2) is 4.99 Å². The largest absolute Gasteiger partial charge is 0.383 e. The summed E-state index contributed by atoms with van der Waals surface area (Å²) in [6, 6.07) is 0. The number of benzene rings is 1. The number of hydrogen-bond donors (Lipinski definition) is 1. The summed E-state index contributed by atoms with van der Waals surface area (Å²) in [5.74, 6) is -9.44. The molecule has 0 atom stereocenters. The molecule has 1 aromatic carbocycles. The quantitative estimate of drug-likeness (QED) is 0.402. The number of hydrogen-bond acceptors (Lipinski definition) is 2. The van der Waals surface area contributed by atoms with E-state index in [1.807, 2.05) is 0 Å². The van der Waals surface area contributed by atoms with Gasteiger partial charge in [-0.05, 0) is 0 Å². The van der Waals surface area contributed by atoms with E-state index in [9.17, 15) is 22.4 Å². The Morgan fingerprint density at radius 3 is 1.87 bits per heavy atom. The Balaban J connectivity index is 2.92. The molecule has 7 heteroatoms. The fraction of sp³-hybridized carbons (Fsp3) is 0. The summed E-state index contributed by atoms with van der Waals surface area (Å²) in [5, 5.41) is 0. The third kappa shape index (κ3) is 1.06. The molecule has 78 valence electrons. The van der Waals surface area contributed by atoms with Gasteiger partial charge in [0.1, 0.15) is 5.84 Å². The lowest BCUT2D eigenvalue weighted by Crippen LogP contribution is -2.16. The average Bonchev–Trinajstić information content (AvgIpc) is 2.47. The van der Waals surface area contributed by atoms with Gasteiger partial charge in [0.2, 0.25) is 0 Å². The lowest BCUT2D eigenvalue weighted by molar-refractivity contribution is 0.100. The number of amides is 1. The van der Waals surface area contributed by atoms with Crippen molar-refractivity contribution in [1.82, 2.24) is 0 Å². The monoisotopic (exact) mass is 218 g/mol. The first kappa shape index (κ1) is 9.63. The van der Waals surface area contributed by atoms with Crippen molar-refractivity contribution in [2.45, 2.75) is 0 Å². The molecule has 0 aromatic heterocycles. The number of halogens is 4. The van der Waals surface area contributed by atoms with Crippen LogP contribution < -0.4 is 5.73 Å². The zero-order valence-electron chi connectivity index (χ0n) is 6.94. The zero-order valence-corrected chi connectivity index (χ0v) is 6.94. The molecule has 15 heavy (non-hydrogen) atoms. The number of carbonyl (C=O) groups is 1. The first-order valence-electron chi connectivity index (χ1n) is 3.70. The fourth-order valence-electron chi connectivity index (χ4n) is 1.29. The van der Waals surface area contributed by atoms with Crippen LogP contribution in [0.4, 0.5) is 17.6 Å². The molecule has 0 fully saturated rings. The third-order valence-electron chi connectivity index (χ3n) is 1.96. The Morgan fingerprint density at radius 2 is 1.33 bits per heavy atom. The Labute approximate surface area is 80.2 Å². The van der Waals surface area contributed by atoms with Gasteiger partial charge in [0.25, 0.3) is 5.91 Å². The number of aliphatic imine (C=N–C) groups is 1. The van der Waals surface area contributed by atoms with Gasteiger partial charge in [-0.15, -0.1) is 0 Å². The van der Waals surface area contributed by atoms with E-state index in [0.29, 0.717) is 0 Å². The van der Waals surface area contributed by atoms with Gasteiger partial charge in [0.05, 0.1) is 11.1 Å². The van der Waals surface area contributed by atoms with Crippen molar-refractivity contribution in [2.75, 3.05) is 0 Å². The first-order valence-corrected chi connectivity index (χ1v) is 3.70. The van der Waals surface area contributed by atoms with Crippen molar-refractivity contribution >= 4 is 11.7 Å². The molecule has 0 saturated heterocycles. The molecular weight excluding hydrogens is 216 g/mol. The van der Waals surface area contributed by atoms with Gasteiger partial charge < -0.3 is 5.73 Å². The van der Waals surface area contributed by atoms with Gasteiger partial charge in [-0.2, -0.15) is 4.99 Å². The number of nitrogens with two attached hydrogens (primary N) is 1. The molecule has 0 unspecified atom stereocenters. The SMILES string of the molecule is NC1=NC(=O)c2c(F)c(F)c(F)c(F)c21. The summed E-state index contributed by atoms with van der Waals surface area (Å²) in [7, 11) is 0. The summed E-state index contributed by atoms with van der Waals surface area (Å²) in [6.07, 6.45) is 0. The third-order valence-corrected chi connectivity index (χ3v) is 1.96.